The number of hydrogen-bond acceptors (Lipinski definition) is 2. The lowest BCUT2D eigenvalue weighted by Gasteiger charge is -2.13. The number of guanidine groups is 1. The van der Waals surface area contributed by atoms with Gasteiger partial charge in [-0.2, -0.15) is 0 Å². The van der Waals surface area contributed by atoms with Crippen LogP contribution in [0, 0.1) is 0 Å². The van der Waals surface area contributed by atoms with Gasteiger partial charge in [0.25, 0.3) is 0 Å². The standard InChI is InChI=1S/C20H28N4.HI/c1-3-21-20(24-16-13-19-11-7-8-14-22-19)23-15-12-17(2)18-9-5-4-6-10-18;/h4-11,14,17H,3,12-13,15-16H2,1-2H3,(H2,21,23,24);1H. The van der Waals surface area contributed by atoms with Crippen molar-refractivity contribution >= 4 is 29.9 Å². The van der Waals surface area contributed by atoms with Crippen molar-refractivity contribution in [3.63, 3.8) is 0 Å². The minimum absolute atomic E-state index is 0. The quantitative estimate of drug-likeness (QED) is 0.362. The summed E-state index contributed by atoms with van der Waals surface area (Å²) >= 11 is 0. The zero-order valence-electron chi connectivity index (χ0n) is 15.1. The highest BCUT2D eigenvalue weighted by atomic mass is 127. The molecule has 0 saturated heterocycles. The molecule has 2 rings (SSSR count). The van der Waals surface area contributed by atoms with Gasteiger partial charge in [0.2, 0.25) is 0 Å². The average molecular weight is 452 g/mol. The molecular weight excluding hydrogens is 423 g/mol. The van der Waals surface area contributed by atoms with E-state index in [1.807, 2.05) is 24.4 Å². The molecule has 1 aromatic carbocycles. The molecule has 1 atom stereocenters. The normalized spacial score (nSPS) is 12.2. The summed E-state index contributed by atoms with van der Waals surface area (Å²) in [6, 6.07) is 16.6. The van der Waals surface area contributed by atoms with E-state index in [1.165, 1.54) is 5.56 Å². The first-order valence-electron chi connectivity index (χ1n) is 8.76. The average Bonchev–Trinajstić information content (AvgIpc) is 2.63. The van der Waals surface area contributed by atoms with Crippen LogP contribution < -0.4 is 10.6 Å². The van der Waals surface area contributed by atoms with E-state index in [0.29, 0.717) is 5.92 Å². The predicted octanol–water partition coefficient (Wildman–Crippen LogP) is 3.99. The van der Waals surface area contributed by atoms with E-state index >= 15 is 0 Å². The van der Waals surface area contributed by atoms with Crippen LogP contribution >= 0.6 is 24.0 Å². The van der Waals surface area contributed by atoms with Crippen LogP contribution in [0.15, 0.2) is 59.7 Å². The number of aliphatic imine (C=N–C) groups is 1. The fourth-order valence-electron chi connectivity index (χ4n) is 2.51. The van der Waals surface area contributed by atoms with Crippen molar-refractivity contribution in [2.75, 3.05) is 19.6 Å². The Morgan fingerprint density at radius 1 is 1.08 bits per heavy atom. The van der Waals surface area contributed by atoms with E-state index in [0.717, 1.165) is 44.1 Å². The van der Waals surface area contributed by atoms with Crippen molar-refractivity contribution in [1.82, 2.24) is 15.6 Å². The highest BCUT2D eigenvalue weighted by Gasteiger charge is 2.04. The molecule has 0 fully saturated rings. The molecule has 2 aromatic rings. The van der Waals surface area contributed by atoms with Crippen LogP contribution in [0.2, 0.25) is 0 Å². The van der Waals surface area contributed by atoms with Crippen LogP contribution in [0.3, 0.4) is 0 Å². The Balaban J connectivity index is 0.00000312. The molecule has 0 saturated carbocycles. The molecule has 1 aromatic heterocycles. The largest absolute Gasteiger partial charge is 0.357 e. The van der Waals surface area contributed by atoms with Crippen LogP contribution in [0.4, 0.5) is 0 Å². The maximum Gasteiger partial charge on any atom is 0.191 e. The number of benzene rings is 1. The molecule has 1 unspecified atom stereocenters. The van der Waals surface area contributed by atoms with Crippen molar-refractivity contribution in [3.05, 3.63) is 66.0 Å². The van der Waals surface area contributed by atoms with Gasteiger partial charge >= 0.3 is 0 Å². The first-order valence-corrected chi connectivity index (χ1v) is 8.76. The molecular formula is C20H29IN4. The third kappa shape index (κ3) is 8.34. The van der Waals surface area contributed by atoms with Gasteiger partial charge in [0.05, 0.1) is 0 Å². The number of halogens is 1. The molecule has 5 heteroatoms. The number of nitrogens with zero attached hydrogens (tertiary/aromatic N) is 2. The molecule has 0 bridgehead atoms. The third-order valence-corrected chi connectivity index (χ3v) is 3.94. The Morgan fingerprint density at radius 3 is 2.52 bits per heavy atom. The first-order chi connectivity index (χ1) is 11.8. The zero-order chi connectivity index (χ0) is 17.0. The van der Waals surface area contributed by atoms with Crippen LogP contribution in [-0.4, -0.2) is 30.6 Å². The molecule has 1 heterocycles. The van der Waals surface area contributed by atoms with Gasteiger partial charge in [0, 0.05) is 37.9 Å². The molecule has 25 heavy (non-hydrogen) atoms. The molecule has 0 radical (unpaired) electrons. The maximum absolute atomic E-state index is 4.68. The van der Waals surface area contributed by atoms with Crippen LogP contribution in [0.1, 0.15) is 37.4 Å². The lowest BCUT2D eigenvalue weighted by atomic mass is 9.98. The van der Waals surface area contributed by atoms with Gasteiger partial charge in [-0.05, 0) is 37.0 Å². The first kappa shape index (κ1) is 21.4. The lowest BCUT2D eigenvalue weighted by molar-refractivity contribution is 0.683. The van der Waals surface area contributed by atoms with Gasteiger partial charge in [-0.25, -0.2) is 0 Å². The van der Waals surface area contributed by atoms with Crippen LogP contribution in [0.5, 0.6) is 0 Å². The molecule has 4 nitrogen and oxygen atoms in total. The molecule has 0 amide bonds. The van der Waals surface area contributed by atoms with E-state index in [9.17, 15) is 0 Å². The molecule has 136 valence electrons. The van der Waals surface area contributed by atoms with Gasteiger partial charge in [-0.1, -0.05) is 43.3 Å². The summed E-state index contributed by atoms with van der Waals surface area (Å²) in [4.78, 5) is 9.02. The number of rotatable bonds is 8. The van der Waals surface area contributed by atoms with E-state index < -0.39 is 0 Å². The Hall–Kier alpha value is -1.63. The number of hydrogen-bond donors (Lipinski definition) is 2. The number of nitrogens with one attached hydrogen (secondary N) is 2. The molecule has 0 spiro atoms. The summed E-state index contributed by atoms with van der Waals surface area (Å²) in [5.41, 5.74) is 2.47. The summed E-state index contributed by atoms with van der Waals surface area (Å²) in [5.74, 6) is 1.40. The fraction of sp³-hybridized carbons (Fsp3) is 0.400. The van der Waals surface area contributed by atoms with Crippen molar-refractivity contribution in [2.45, 2.75) is 32.6 Å². The molecule has 0 aliphatic heterocycles. The Labute approximate surface area is 168 Å². The molecule has 0 aliphatic rings. The minimum Gasteiger partial charge on any atom is -0.357 e. The van der Waals surface area contributed by atoms with Crippen molar-refractivity contribution in [2.24, 2.45) is 4.99 Å². The van der Waals surface area contributed by atoms with Gasteiger partial charge < -0.3 is 10.6 Å². The fourth-order valence-corrected chi connectivity index (χ4v) is 2.51. The zero-order valence-corrected chi connectivity index (χ0v) is 17.4. The second-order valence-electron chi connectivity index (χ2n) is 5.86. The van der Waals surface area contributed by atoms with Crippen molar-refractivity contribution < 1.29 is 0 Å². The Morgan fingerprint density at radius 2 is 1.84 bits per heavy atom. The van der Waals surface area contributed by atoms with E-state index in [2.05, 4.69) is 64.8 Å². The topological polar surface area (TPSA) is 49.3 Å². The number of aromatic nitrogens is 1. The monoisotopic (exact) mass is 452 g/mol. The molecule has 2 N–H and O–H groups in total. The second kappa shape index (κ2) is 12.7. The summed E-state index contributed by atoms with van der Waals surface area (Å²) in [6.45, 7) is 6.85. The molecule has 0 aliphatic carbocycles. The smallest absolute Gasteiger partial charge is 0.191 e. The Bertz CT molecular complexity index is 602. The SMILES string of the molecule is CCNC(=NCCC(C)c1ccccc1)NCCc1ccccn1.I. The van der Waals surface area contributed by atoms with Gasteiger partial charge in [0.1, 0.15) is 0 Å². The van der Waals surface area contributed by atoms with Crippen molar-refractivity contribution in [1.29, 1.82) is 0 Å². The van der Waals surface area contributed by atoms with Gasteiger partial charge in [-0.3, -0.25) is 9.98 Å². The number of pyridine rings is 1. The summed E-state index contributed by atoms with van der Waals surface area (Å²) < 4.78 is 0. The van der Waals surface area contributed by atoms with E-state index in [1.54, 1.807) is 0 Å². The third-order valence-electron chi connectivity index (χ3n) is 3.94. The summed E-state index contributed by atoms with van der Waals surface area (Å²) in [6.07, 6.45) is 3.77. The highest BCUT2D eigenvalue weighted by molar-refractivity contribution is 14.0. The minimum atomic E-state index is 0. The summed E-state index contributed by atoms with van der Waals surface area (Å²) in [7, 11) is 0. The summed E-state index contributed by atoms with van der Waals surface area (Å²) in [5, 5.41) is 6.68. The Kier molecular flexibility index (Phi) is 10.9. The predicted molar refractivity (Wildman–Crippen MR) is 117 cm³/mol. The van der Waals surface area contributed by atoms with E-state index in [4.69, 9.17) is 0 Å². The van der Waals surface area contributed by atoms with Crippen LogP contribution in [-0.2, 0) is 6.42 Å². The maximum atomic E-state index is 4.68. The van der Waals surface area contributed by atoms with E-state index in [-0.39, 0.29) is 24.0 Å². The van der Waals surface area contributed by atoms with Gasteiger partial charge in [-0.15, -0.1) is 24.0 Å². The lowest BCUT2D eigenvalue weighted by Crippen LogP contribution is -2.38. The van der Waals surface area contributed by atoms with Crippen molar-refractivity contribution in [3.8, 4) is 0 Å². The van der Waals surface area contributed by atoms with Crippen LogP contribution in [0.25, 0.3) is 0 Å². The second-order valence-corrected chi connectivity index (χ2v) is 5.86. The van der Waals surface area contributed by atoms with Gasteiger partial charge in [0.15, 0.2) is 5.96 Å². The highest BCUT2D eigenvalue weighted by Crippen LogP contribution is 2.17.